The van der Waals surface area contributed by atoms with Gasteiger partial charge in [0.15, 0.2) is 0 Å². The van der Waals surface area contributed by atoms with E-state index in [2.05, 4.69) is 16.5 Å². The number of likely N-dealkylation sites (tertiary alicyclic amines) is 1. The van der Waals surface area contributed by atoms with Gasteiger partial charge in [-0.25, -0.2) is 0 Å². The molecule has 0 aromatic heterocycles. The standard InChI is InChI=1S/C6H12N2OS/c1-8-4-2-6(3-5-8)10-7-9/h6H,2-5H2,1H3. The first kappa shape index (κ1) is 8.01. The molecule has 0 N–H and O–H groups in total. The normalized spacial score (nSPS) is 22.9. The summed E-state index contributed by atoms with van der Waals surface area (Å²) in [4.78, 5) is 12.1. The Morgan fingerprint density at radius 2 is 2.10 bits per heavy atom. The second-order valence-electron chi connectivity index (χ2n) is 2.68. The van der Waals surface area contributed by atoms with Crippen LogP contribution in [0.25, 0.3) is 0 Å². The summed E-state index contributed by atoms with van der Waals surface area (Å²) in [5.74, 6) is 0. The molecular weight excluding hydrogens is 148 g/mol. The third-order valence-corrected chi connectivity index (χ3v) is 2.71. The van der Waals surface area contributed by atoms with Crippen LogP contribution >= 0.6 is 11.9 Å². The van der Waals surface area contributed by atoms with Gasteiger partial charge in [-0.1, -0.05) is 0 Å². The maximum atomic E-state index is 9.85. The van der Waals surface area contributed by atoms with Gasteiger partial charge in [-0.15, -0.1) is 4.91 Å². The number of hydrogen-bond acceptors (Lipinski definition) is 4. The Morgan fingerprint density at radius 1 is 1.50 bits per heavy atom. The predicted octanol–water partition coefficient (Wildman–Crippen LogP) is 1.50. The molecular formula is C6H12N2OS. The number of hydrogen-bond donors (Lipinski definition) is 0. The fraction of sp³-hybridized carbons (Fsp3) is 1.00. The van der Waals surface area contributed by atoms with E-state index in [1.165, 1.54) is 11.9 Å². The Morgan fingerprint density at radius 3 is 2.60 bits per heavy atom. The molecule has 0 aromatic carbocycles. The number of nitroso groups, excluding NO2 is 1. The first-order chi connectivity index (χ1) is 4.83. The zero-order valence-corrected chi connectivity index (χ0v) is 6.93. The lowest BCUT2D eigenvalue weighted by Crippen LogP contribution is -2.31. The van der Waals surface area contributed by atoms with Gasteiger partial charge in [0.2, 0.25) is 0 Å². The molecule has 0 amide bonds. The van der Waals surface area contributed by atoms with Crippen LogP contribution in [0.1, 0.15) is 12.8 Å². The lowest BCUT2D eigenvalue weighted by molar-refractivity contribution is 0.282. The molecule has 0 atom stereocenters. The van der Waals surface area contributed by atoms with E-state index in [0.717, 1.165) is 25.9 Å². The highest BCUT2D eigenvalue weighted by Crippen LogP contribution is 2.22. The fourth-order valence-electron chi connectivity index (χ4n) is 1.15. The second kappa shape index (κ2) is 3.93. The van der Waals surface area contributed by atoms with E-state index in [-0.39, 0.29) is 0 Å². The van der Waals surface area contributed by atoms with Crippen LogP contribution in [0.3, 0.4) is 0 Å². The molecule has 1 rings (SSSR count). The van der Waals surface area contributed by atoms with Crippen LogP contribution in [0.4, 0.5) is 0 Å². The maximum absolute atomic E-state index is 9.85. The van der Waals surface area contributed by atoms with Gasteiger partial charge in [0.1, 0.15) is 0 Å². The summed E-state index contributed by atoms with van der Waals surface area (Å²) in [6, 6.07) is 0. The molecule has 0 spiro atoms. The van der Waals surface area contributed by atoms with Gasteiger partial charge in [-0.3, -0.25) is 0 Å². The quantitative estimate of drug-likeness (QED) is 0.453. The molecule has 10 heavy (non-hydrogen) atoms. The van der Waals surface area contributed by atoms with E-state index < -0.39 is 0 Å². The van der Waals surface area contributed by atoms with Gasteiger partial charge in [-0.05, 0) is 33.0 Å². The van der Waals surface area contributed by atoms with Gasteiger partial charge in [0.25, 0.3) is 0 Å². The molecule has 0 saturated carbocycles. The third kappa shape index (κ3) is 2.27. The summed E-state index contributed by atoms with van der Waals surface area (Å²) in [5, 5.41) is 0.480. The molecule has 4 heteroatoms. The van der Waals surface area contributed by atoms with Crippen molar-refractivity contribution < 1.29 is 0 Å². The Balaban J connectivity index is 2.19. The Bertz CT molecular complexity index is 112. The van der Waals surface area contributed by atoms with E-state index in [9.17, 15) is 4.91 Å². The molecule has 0 bridgehead atoms. The lowest BCUT2D eigenvalue weighted by Gasteiger charge is -2.26. The van der Waals surface area contributed by atoms with Crippen LogP contribution in [0.5, 0.6) is 0 Å². The molecule has 1 fully saturated rings. The third-order valence-electron chi connectivity index (χ3n) is 1.86. The highest BCUT2D eigenvalue weighted by atomic mass is 32.2. The van der Waals surface area contributed by atoms with Gasteiger partial charge in [0, 0.05) is 21.8 Å². The van der Waals surface area contributed by atoms with E-state index in [1.54, 1.807) is 0 Å². The van der Waals surface area contributed by atoms with Crippen molar-refractivity contribution in [3.05, 3.63) is 4.91 Å². The first-order valence-electron chi connectivity index (χ1n) is 3.50. The molecule has 0 aliphatic carbocycles. The molecule has 58 valence electrons. The van der Waals surface area contributed by atoms with Crippen LogP contribution in [0.15, 0.2) is 4.58 Å². The van der Waals surface area contributed by atoms with Crippen LogP contribution in [-0.4, -0.2) is 30.3 Å². The van der Waals surface area contributed by atoms with Crippen molar-refractivity contribution in [3.63, 3.8) is 0 Å². The molecule has 3 nitrogen and oxygen atoms in total. The van der Waals surface area contributed by atoms with Crippen LogP contribution in [0, 0.1) is 4.91 Å². The SMILES string of the molecule is CN1CCC(SN=O)CC1. The molecule has 1 heterocycles. The van der Waals surface area contributed by atoms with E-state index in [1.807, 2.05) is 0 Å². The van der Waals surface area contributed by atoms with Crippen molar-refractivity contribution in [3.8, 4) is 0 Å². The Kier molecular flexibility index (Phi) is 3.15. The fourth-order valence-corrected chi connectivity index (χ4v) is 1.69. The summed E-state index contributed by atoms with van der Waals surface area (Å²) in [5.41, 5.74) is 0. The maximum Gasteiger partial charge on any atom is 0.0325 e. The number of nitrogens with zero attached hydrogens (tertiary/aromatic N) is 2. The van der Waals surface area contributed by atoms with Crippen LogP contribution < -0.4 is 0 Å². The van der Waals surface area contributed by atoms with Crippen molar-refractivity contribution in [1.29, 1.82) is 0 Å². The van der Waals surface area contributed by atoms with E-state index in [4.69, 9.17) is 0 Å². The van der Waals surface area contributed by atoms with E-state index in [0.29, 0.717) is 5.25 Å². The largest absolute Gasteiger partial charge is 0.306 e. The summed E-state index contributed by atoms with van der Waals surface area (Å²) >= 11 is 1.20. The number of piperidine rings is 1. The first-order valence-corrected chi connectivity index (χ1v) is 4.33. The van der Waals surface area contributed by atoms with Gasteiger partial charge < -0.3 is 4.90 Å². The predicted molar refractivity (Wildman–Crippen MR) is 43.9 cm³/mol. The zero-order valence-electron chi connectivity index (χ0n) is 6.12. The smallest absolute Gasteiger partial charge is 0.0325 e. The summed E-state index contributed by atoms with van der Waals surface area (Å²) in [7, 11) is 2.11. The van der Waals surface area contributed by atoms with Gasteiger partial charge in [0.05, 0.1) is 0 Å². The topological polar surface area (TPSA) is 32.7 Å². The summed E-state index contributed by atoms with van der Waals surface area (Å²) in [6.07, 6.45) is 2.21. The minimum atomic E-state index is 0.480. The van der Waals surface area contributed by atoms with Crippen molar-refractivity contribution in [1.82, 2.24) is 4.90 Å². The van der Waals surface area contributed by atoms with Crippen molar-refractivity contribution in [2.75, 3.05) is 20.1 Å². The van der Waals surface area contributed by atoms with Gasteiger partial charge in [-0.2, -0.15) is 0 Å². The minimum absolute atomic E-state index is 0.480. The molecule has 1 saturated heterocycles. The van der Waals surface area contributed by atoms with E-state index >= 15 is 0 Å². The molecule has 0 radical (unpaired) electrons. The molecule has 1 aliphatic heterocycles. The molecule has 0 aromatic rings. The highest BCUT2D eigenvalue weighted by Gasteiger charge is 2.16. The van der Waals surface area contributed by atoms with Crippen LogP contribution in [0.2, 0.25) is 0 Å². The summed E-state index contributed by atoms with van der Waals surface area (Å²) in [6.45, 7) is 2.21. The number of rotatable bonds is 2. The average Bonchev–Trinajstić information content (AvgIpc) is 1.95. The second-order valence-corrected chi connectivity index (χ2v) is 3.71. The summed E-state index contributed by atoms with van der Waals surface area (Å²) < 4.78 is 2.83. The highest BCUT2D eigenvalue weighted by molar-refractivity contribution is 7.98. The van der Waals surface area contributed by atoms with Gasteiger partial charge >= 0.3 is 0 Å². The van der Waals surface area contributed by atoms with Crippen LogP contribution in [-0.2, 0) is 0 Å². The molecule has 1 aliphatic rings. The Labute approximate surface area is 65.3 Å². The average molecular weight is 160 g/mol. The van der Waals surface area contributed by atoms with Crippen molar-refractivity contribution in [2.45, 2.75) is 18.1 Å². The van der Waals surface area contributed by atoms with Crippen molar-refractivity contribution >= 4 is 11.9 Å². The Hall–Kier alpha value is -0.0900. The van der Waals surface area contributed by atoms with Crippen molar-refractivity contribution in [2.24, 2.45) is 4.58 Å². The monoisotopic (exact) mass is 160 g/mol. The molecule has 0 unspecified atom stereocenters. The lowest BCUT2D eigenvalue weighted by atomic mass is 10.1. The minimum Gasteiger partial charge on any atom is -0.306 e. The zero-order chi connectivity index (χ0) is 7.40.